The van der Waals surface area contributed by atoms with Crippen LogP contribution in [0.5, 0.6) is 11.5 Å². The zero-order valence-electron chi connectivity index (χ0n) is 20.6. The second-order valence-electron chi connectivity index (χ2n) is 9.32. The molecule has 1 N–H and O–H groups in total. The van der Waals surface area contributed by atoms with Crippen molar-refractivity contribution < 1.29 is 23.7 Å². The molecule has 2 aromatic carbocycles. The molecule has 1 saturated heterocycles. The van der Waals surface area contributed by atoms with Gasteiger partial charge in [0.05, 0.1) is 19.8 Å². The molecule has 1 aliphatic rings. The first kappa shape index (κ1) is 25.9. The number of nitrogens with zero attached hydrogens (tertiary/aromatic N) is 2. The van der Waals surface area contributed by atoms with Gasteiger partial charge in [0.2, 0.25) is 0 Å². The predicted molar refractivity (Wildman–Crippen MR) is 135 cm³/mol. The number of β-amino-alcohol motifs (C(OH)–C–C–N with tert-alkyl or cyclic N) is 1. The summed E-state index contributed by atoms with van der Waals surface area (Å²) < 4.78 is 32.2. The fourth-order valence-electron chi connectivity index (χ4n) is 4.19. The van der Waals surface area contributed by atoms with Crippen LogP contribution < -0.4 is 15.0 Å². The highest BCUT2D eigenvalue weighted by atomic mass is 19.1. The Hall–Kier alpha value is -3.20. The quantitative estimate of drug-likeness (QED) is 0.434. The van der Waals surface area contributed by atoms with Crippen LogP contribution >= 0.6 is 0 Å². The summed E-state index contributed by atoms with van der Waals surface area (Å²) in [5.74, 6) is 0.766. The summed E-state index contributed by atoms with van der Waals surface area (Å²) in [5, 5.41) is 11.1. The first-order valence-electron chi connectivity index (χ1n) is 12.2. The van der Waals surface area contributed by atoms with E-state index in [1.165, 1.54) is 12.1 Å². The topological polar surface area (TPSA) is 73.2 Å². The third-order valence-corrected chi connectivity index (χ3v) is 6.02. The number of ether oxygens (including phenoxy) is 3. The van der Waals surface area contributed by atoms with Gasteiger partial charge < -0.3 is 23.9 Å². The van der Waals surface area contributed by atoms with Gasteiger partial charge in [-0.05, 0) is 48.7 Å². The summed E-state index contributed by atoms with van der Waals surface area (Å²) in [6.45, 7) is 5.46. The van der Waals surface area contributed by atoms with Crippen LogP contribution in [0.15, 0.2) is 71.7 Å². The molecule has 0 radical (unpaired) electrons. The van der Waals surface area contributed by atoms with Gasteiger partial charge in [-0.3, -0.25) is 9.69 Å². The normalized spacial score (nSPS) is 18.5. The number of rotatable bonds is 10. The van der Waals surface area contributed by atoms with Crippen LogP contribution in [0.1, 0.15) is 17.5 Å². The maximum Gasteiger partial charge on any atom is 0.250 e. The zero-order valence-corrected chi connectivity index (χ0v) is 20.6. The molecule has 36 heavy (non-hydrogen) atoms. The third-order valence-electron chi connectivity index (χ3n) is 6.02. The minimum atomic E-state index is -1.20. The Morgan fingerprint density at radius 3 is 2.72 bits per heavy atom. The zero-order chi connectivity index (χ0) is 25.4. The molecule has 0 saturated carbocycles. The van der Waals surface area contributed by atoms with E-state index >= 15 is 0 Å². The smallest absolute Gasteiger partial charge is 0.250 e. The Morgan fingerprint density at radius 1 is 1.08 bits per heavy atom. The maximum atomic E-state index is 13.4. The fourth-order valence-corrected chi connectivity index (χ4v) is 4.19. The van der Waals surface area contributed by atoms with Gasteiger partial charge in [-0.1, -0.05) is 24.3 Å². The predicted octanol–water partition coefficient (Wildman–Crippen LogP) is 3.41. The number of hydrogen-bond donors (Lipinski definition) is 1. The Kier molecular flexibility index (Phi) is 8.74. The number of aryl methyl sites for hydroxylation is 2. The van der Waals surface area contributed by atoms with E-state index in [0.29, 0.717) is 45.1 Å². The van der Waals surface area contributed by atoms with Crippen LogP contribution in [0.2, 0.25) is 0 Å². The summed E-state index contributed by atoms with van der Waals surface area (Å²) in [5.41, 5.74) is 0.936. The maximum absolute atomic E-state index is 13.4. The van der Waals surface area contributed by atoms with Crippen molar-refractivity contribution in [1.29, 1.82) is 0 Å². The van der Waals surface area contributed by atoms with Gasteiger partial charge in [0.15, 0.2) is 0 Å². The summed E-state index contributed by atoms with van der Waals surface area (Å²) >= 11 is 0. The minimum Gasteiger partial charge on any atom is -0.494 e. The first-order valence-corrected chi connectivity index (χ1v) is 12.2. The Labute approximate surface area is 210 Å². The number of aromatic nitrogens is 1. The van der Waals surface area contributed by atoms with Crippen LogP contribution in [0.25, 0.3) is 0 Å². The van der Waals surface area contributed by atoms with E-state index in [2.05, 4.69) is 4.90 Å². The van der Waals surface area contributed by atoms with Crippen LogP contribution in [-0.4, -0.2) is 59.7 Å². The molecule has 0 amide bonds. The lowest BCUT2D eigenvalue weighted by atomic mass is 10.1. The third kappa shape index (κ3) is 7.65. The summed E-state index contributed by atoms with van der Waals surface area (Å²) in [6.07, 6.45) is 2.59. The van der Waals surface area contributed by atoms with Crippen molar-refractivity contribution in [3.63, 3.8) is 0 Å². The average molecular weight is 497 g/mol. The standard InChI is InChI=1S/C28H33FN2O5/c1-22-6-11-27(32)31(17-22)12-3-14-35-25-9-7-23(8-10-25)18-30-13-15-34-20-28(33,19-30)21-36-26-5-2-4-24(29)16-26/h2,4-11,16-17,33H,3,12-15,18-21H2,1H3/t28-/m1/s1. The number of hydrogen-bond acceptors (Lipinski definition) is 6. The van der Waals surface area contributed by atoms with Crippen molar-refractivity contribution in [2.45, 2.75) is 32.0 Å². The average Bonchev–Trinajstić information content (AvgIpc) is 3.05. The number of pyridine rings is 1. The number of benzene rings is 2. The largest absolute Gasteiger partial charge is 0.494 e. The second kappa shape index (κ2) is 12.2. The molecule has 4 rings (SSSR count). The van der Waals surface area contributed by atoms with E-state index < -0.39 is 5.60 Å². The molecule has 192 valence electrons. The molecule has 1 aliphatic heterocycles. The molecular weight excluding hydrogens is 463 g/mol. The van der Waals surface area contributed by atoms with Gasteiger partial charge in [-0.15, -0.1) is 0 Å². The first-order chi connectivity index (χ1) is 17.4. The highest BCUT2D eigenvalue weighted by molar-refractivity contribution is 5.27. The van der Waals surface area contributed by atoms with Gasteiger partial charge in [-0.2, -0.15) is 0 Å². The Morgan fingerprint density at radius 2 is 1.92 bits per heavy atom. The van der Waals surface area contributed by atoms with Crippen molar-refractivity contribution in [3.8, 4) is 11.5 Å². The van der Waals surface area contributed by atoms with E-state index in [9.17, 15) is 14.3 Å². The molecule has 2 heterocycles. The van der Waals surface area contributed by atoms with Gasteiger partial charge in [-0.25, -0.2) is 4.39 Å². The van der Waals surface area contributed by atoms with Gasteiger partial charge in [0.25, 0.3) is 5.56 Å². The number of halogens is 1. The molecule has 3 aromatic rings. The van der Waals surface area contributed by atoms with Crippen molar-refractivity contribution in [2.75, 3.05) is 39.5 Å². The number of aliphatic hydroxyl groups is 1. The molecule has 0 bridgehead atoms. The lowest BCUT2D eigenvalue weighted by Gasteiger charge is -2.30. The van der Waals surface area contributed by atoms with Gasteiger partial charge >= 0.3 is 0 Å². The molecule has 0 aliphatic carbocycles. The van der Waals surface area contributed by atoms with E-state index in [0.717, 1.165) is 23.3 Å². The van der Waals surface area contributed by atoms with Crippen LogP contribution in [0, 0.1) is 12.7 Å². The monoisotopic (exact) mass is 496 g/mol. The van der Waals surface area contributed by atoms with Gasteiger partial charge in [0.1, 0.15) is 29.5 Å². The summed E-state index contributed by atoms with van der Waals surface area (Å²) in [7, 11) is 0. The van der Waals surface area contributed by atoms with Crippen LogP contribution in [0.3, 0.4) is 0 Å². The van der Waals surface area contributed by atoms with Crippen molar-refractivity contribution in [1.82, 2.24) is 9.47 Å². The minimum absolute atomic E-state index is 0.00344. The lowest BCUT2D eigenvalue weighted by molar-refractivity contribution is -0.0647. The molecule has 1 aromatic heterocycles. The van der Waals surface area contributed by atoms with E-state index in [1.807, 2.05) is 43.5 Å². The SMILES string of the molecule is Cc1ccc(=O)n(CCCOc2ccc(CN3CCOC[C@@](O)(COc4cccc(F)c4)C3)cc2)c1. The fraction of sp³-hybridized carbons (Fsp3) is 0.393. The summed E-state index contributed by atoms with van der Waals surface area (Å²) in [4.78, 5) is 14.0. The molecule has 1 fully saturated rings. The Balaban J connectivity index is 1.25. The van der Waals surface area contributed by atoms with E-state index in [4.69, 9.17) is 14.2 Å². The van der Waals surface area contributed by atoms with Crippen molar-refractivity contribution >= 4 is 0 Å². The van der Waals surface area contributed by atoms with E-state index in [1.54, 1.807) is 22.8 Å². The molecule has 8 heteroatoms. The lowest BCUT2D eigenvalue weighted by Crippen LogP contribution is -2.48. The van der Waals surface area contributed by atoms with E-state index in [-0.39, 0.29) is 24.6 Å². The van der Waals surface area contributed by atoms with Crippen molar-refractivity contribution in [3.05, 3.63) is 94.2 Å². The molecule has 7 nitrogen and oxygen atoms in total. The molecular formula is C28H33FN2O5. The highest BCUT2D eigenvalue weighted by Crippen LogP contribution is 2.20. The molecule has 0 unspecified atom stereocenters. The Bertz CT molecular complexity index is 1180. The molecule has 0 spiro atoms. The van der Waals surface area contributed by atoms with Crippen LogP contribution in [-0.2, 0) is 17.8 Å². The highest BCUT2D eigenvalue weighted by Gasteiger charge is 2.33. The molecule has 1 atom stereocenters. The van der Waals surface area contributed by atoms with Crippen molar-refractivity contribution in [2.24, 2.45) is 0 Å². The second-order valence-corrected chi connectivity index (χ2v) is 9.32. The summed E-state index contributed by atoms with van der Waals surface area (Å²) in [6, 6.07) is 17.2. The van der Waals surface area contributed by atoms with Crippen LogP contribution in [0.4, 0.5) is 4.39 Å². The van der Waals surface area contributed by atoms with Gasteiger partial charge in [0, 0.05) is 44.5 Å².